The molecule has 0 radical (unpaired) electrons. The molecule has 49 heavy (non-hydrogen) atoms. The van der Waals surface area contributed by atoms with Gasteiger partial charge >= 0.3 is 0 Å². The minimum Gasteiger partial charge on any atom is -0.311 e. The molecule has 0 N–H and O–H groups in total. The zero-order chi connectivity index (χ0) is 36.6. The van der Waals surface area contributed by atoms with Gasteiger partial charge in [-0.1, -0.05) is 207 Å². The normalized spacial score (nSPS) is 11.6. The first-order valence-electron chi connectivity index (χ1n) is 21.0. The molecule has 0 aromatic carbocycles. The Morgan fingerprint density at radius 1 is 0.408 bits per heavy atom. The number of nitrogens with zero attached hydrogens (tertiary/aromatic N) is 1. The van der Waals surface area contributed by atoms with Gasteiger partial charge in [-0.2, -0.15) is 8.42 Å². The van der Waals surface area contributed by atoms with Gasteiger partial charge in [0.15, 0.2) is 0 Å². The van der Waals surface area contributed by atoms with Crippen molar-refractivity contribution in [2.24, 2.45) is 0 Å². The lowest BCUT2D eigenvalue weighted by Crippen LogP contribution is -2.48. The highest BCUT2D eigenvalue weighted by atomic mass is 32.2. The minimum atomic E-state index is -3.31. The SMILES string of the molecule is C=CC[N+](CC=C)(CC=C)CC=C.CCCCCCCCCCCCCCCCCCCCOS(=O)(=O)CCCCCCCCCCCC. The van der Waals surface area contributed by atoms with Crippen molar-refractivity contribution in [3.63, 3.8) is 0 Å². The summed E-state index contributed by atoms with van der Waals surface area (Å²) in [6, 6.07) is 0. The molecule has 0 saturated carbocycles. The molecular formula is C44H86NO3S+. The van der Waals surface area contributed by atoms with Crippen molar-refractivity contribution in [3.05, 3.63) is 50.6 Å². The molecular weight excluding hydrogens is 623 g/mol. The molecule has 0 aliphatic rings. The van der Waals surface area contributed by atoms with Crippen molar-refractivity contribution in [2.45, 2.75) is 194 Å². The van der Waals surface area contributed by atoms with Crippen LogP contribution in [0.25, 0.3) is 0 Å². The van der Waals surface area contributed by atoms with Crippen molar-refractivity contribution < 1.29 is 17.1 Å². The van der Waals surface area contributed by atoms with Gasteiger partial charge in [0, 0.05) is 0 Å². The highest BCUT2D eigenvalue weighted by Crippen LogP contribution is 2.15. The summed E-state index contributed by atoms with van der Waals surface area (Å²) in [5, 5.41) is 0. The van der Waals surface area contributed by atoms with Crippen molar-refractivity contribution in [3.8, 4) is 0 Å². The van der Waals surface area contributed by atoms with Crippen LogP contribution in [0.4, 0.5) is 0 Å². The van der Waals surface area contributed by atoms with E-state index in [4.69, 9.17) is 4.18 Å². The Morgan fingerprint density at radius 3 is 0.918 bits per heavy atom. The first-order valence-corrected chi connectivity index (χ1v) is 22.6. The van der Waals surface area contributed by atoms with Gasteiger partial charge in [-0.15, -0.1) is 0 Å². The van der Waals surface area contributed by atoms with Crippen LogP contribution < -0.4 is 0 Å². The van der Waals surface area contributed by atoms with Gasteiger partial charge in [0.25, 0.3) is 10.1 Å². The van der Waals surface area contributed by atoms with E-state index < -0.39 is 10.1 Å². The summed E-state index contributed by atoms with van der Waals surface area (Å²) >= 11 is 0. The molecule has 0 aliphatic heterocycles. The van der Waals surface area contributed by atoms with Crippen LogP contribution in [-0.2, 0) is 14.3 Å². The zero-order valence-corrected chi connectivity index (χ0v) is 34.1. The summed E-state index contributed by atoms with van der Waals surface area (Å²) in [6.45, 7) is 23.7. The van der Waals surface area contributed by atoms with E-state index in [2.05, 4.69) is 40.2 Å². The fourth-order valence-corrected chi connectivity index (χ4v) is 7.60. The second kappa shape index (κ2) is 39.6. The lowest BCUT2D eigenvalue weighted by molar-refractivity contribution is -0.906. The Balaban J connectivity index is 0. The van der Waals surface area contributed by atoms with E-state index in [1.807, 2.05) is 24.3 Å². The molecule has 0 unspecified atom stereocenters. The third-order valence-electron chi connectivity index (χ3n) is 9.57. The quantitative estimate of drug-likeness (QED) is 0.0276. The molecule has 0 bridgehead atoms. The van der Waals surface area contributed by atoms with Gasteiger partial charge in [0.2, 0.25) is 0 Å². The molecule has 0 aliphatic carbocycles. The van der Waals surface area contributed by atoms with E-state index in [1.54, 1.807) is 0 Å². The number of hydrogen-bond donors (Lipinski definition) is 0. The van der Waals surface area contributed by atoms with Crippen molar-refractivity contribution in [1.29, 1.82) is 0 Å². The van der Waals surface area contributed by atoms with Gasteiger partial charge in [0.05, 0.1) is 38.5 Å². The van der Waals surface area contributed by atoms with E-state index >= 15 is 0 Å². The smallest absolute Gasteiger partial charge is 0.267 e. The summed E-state index contributed by atoms with van der Waals surface area (Å²) < 4.78 is 30.2. The molecule has 0 saturated heterocycles. The molecule has 0 amide bonds. The van der Waals surface area contributed by atoms with Crippen LogP contribution in [0.2, 0.25) is 0 Å². The van der Waals surface area contributed by atoms with Crippen molar-refractivity contribution in [1.82, 2.24) is 0 Å². The summed E-state index contributed by atoms with van der Waals surface area (Å²) in [5.74, 6) is 0.197. The average Bonchev–Trinajstić information content (AvgIpc) is 3.07. The van der Waals surface area contributed by atoms with E-state index in [9.17, 15) is 8.42 Å². The van der Waals surface area contributed by atoms with Crippen LogP contribution in [0.15, 0.2) is 50.6 Å². The number of unbranched alkanes of at least 4 members (excludes halogenated alkanes) is 26. The topological polar surface area (TPSA) is 43.4 Å². The zero-order valence-electron chi connectivity index (χ0n) is 33.3. The van der Waals surface area contributed by atoms with Gasteiger partial charge in [-0.05, 0) is 37.1 Å². The van der Waals surface area contributed by atoms with E-state index in [1.165, 1.54) is 148 Å². The molecule has 0 rings (SSSR count). The summed E-state index contributed by atoms with van der Waals surface area (Å²) in [4.78, 5) is 0. The molecule has 0 spiro atoms. The molecule has 0 atom stereocenters. The van der Waals surface area contributed by atoms with Crippen LogP contribution in [0.3, 0.4) is 0 Å². The van der Waals surface area contributed by atoms with Crippen LogP contribution in [0.1, 0.15) is 194 Å². The van der Waals surface area contributed by atoms with E-state index in [0.29, 0.717) is 6.61 Å². The Morgan fingerprint density at radius 2 is 0.653 bits per heavy atom. The standard InChI is InChI=1S/C32H66O3S.C12H20N/c1-3-5-7-9-11-13-15-16-17-18-19-20-21-22-23-25-27-29-31-35-36(33,34)32-30-28-26-24-14-12-10-8-6-4-2;1-5-9-13(10-6-2,11-7-3)12-8-4/h3-32H2,1-2H3;5-8H,1-4,9-12H2/q;+1. The number of hydrogen-bond acceptors (Lipinski definition) is 3. The highest BCUT2D eigenvalue weighted by molar-refractivity contribution is 7.86. The van der Waals surface area contributed by atoms with Gasteiger partial charge in [0.1, 0.15) is 0 Å². The molecule has 5 heteroatoms. The molecule has 0 aromatic rings. The summed E-state index contributed by atoms with van der Waals surface area (Å²) in [6.07, 6.45) is 44.1. The summed E-state index contributed by atoms with van der Waals surface area (Å²) in [5.41, 5.74) is 0. The largest absolute Gasteiger partial charge is 0.311 e. The highest BCUT2D eigenvalue weighted by Gasteiger charge is 2.20. The molecule has 4 nitrogen and oxygen atoms in total. The molecule has 0 aromatic heterocycles. The maximum Gasteiger partial charge on any atom is 0.267 e. The Kier molecular flexibility index (Phi) is 40.4. The first kappa shape index (κ1) is 49.9. The molecule has 0 heterocycles. The van der Waals surface area contributed by atoms with Gasteiger partial charge in [-0.3, -0.25) is 4.18 Å². The third-order valence-corrected chi connectivity index (χ3v) is 10.9. The van der Waals surface area contributed by atoms with Crippen LogP contribution >= 0.6 is 0 Å². The fourth-order valence-electron chi connectivity index (χ4n) is 6.56. The Hall–Kier alpha value is -1.17. The Bertz CT molecular complexity index is 777. The van der Waals surface area contributed by atoms with E-state index in [0.717, 1.165) is 62.8 Å². The number of quaternary nitrogens is 1. The second-order valence-electron chi connectivity index (χ2n) is 14.5. The van der Waals surface area contributed by atoms with Gasteiger partial charge < -0.3 is 4.48 Å². The first-order chi connectivity index (χ1) is 23.9. The fraction of sp³-hybridized carbons (Fsp3) is 0.818. The van der Waals surface area contributed by atoms with Crippen molar-refractivity contribution in [2.75, 3.05) is 38.5 Å². The molecule has 0 fully saturated rings. The molecule has 290 valence electrons. The number of rotatable bonds is 39. The summed E-state index contributed by atoms with van der Waals surface area (Å²) in [7, 11) is -3.31. The van der Waals surface area contributed by atoms with Crippen LogP contribution in [0, 0.1) is 0 Å². The lowest BCUT2D eigenvalue weighted by Gasteiger charge is -2.35. The van der Waals surface area contributed by atoms with Gasteiger partial charge in [-0.25, -0.2) is 0 Å². The maximum atomic E-state index is 12.0. The maximum absolute atomic E-state index is 12.0. The lowest BCUT2D eigenvalue weighted by atomic mass is 10.0. The van der Waals surface area contributed by atoms with Crippen LogP contribution in [-0.4, -0.2) is 51.4 Å². The van der Waals surface area contributed by atoms with Crippen LogP contribution in [0.5, 0.6) is 0 Å². The van der Waals surface area contributed by atoms with Crippen molar-refractivity contribution >= 4 is 10.1 Å². The predicted molar refractivity (Wildman–Crippen MR) is 221 cm³/mol. The second-order valence-corrected chi connectivity index (χ2v) is 16.3. The average molecular weight is 709 g/mol. The monoisotopic (exact) mass is 709 g/mol. The predicted octanol–water partition coefficient (Wildman–Crippen LogP) is 13.8. The van der Waals surface area contributed by atoms with E-state index in [-0.39, 0.29) is 5.75 Å². The Labute approximate surface area is 309 Å². The minimum absolute atomic E-state index is 0.197. The third kappa shape index (κ3) is 37.9.